The number of carbonyl (C=O) groups excluding carboxylic acids is 1. The number of ether oxygens (including phenoxy) is 5. The van der Waals surface area contributed by atoms with Gasteiger partial charge in [0.15, 0.2) is 0 Å². The quantitative estimate of drug-likeness (QED) is 0.380. The highest BCUT2D eigenvalue weighted by Crippen LogP contribution is 2.59. The summed E-state index contributed by atoms with van der Waals surface area (Å²) >= 11 is 0. The Bertz CT molecular complexity index is 791. The summed E-state index contributed by atoms with van der Waals surface area (Å²) in [6, 6.07) is 0. The van der Waals surface area contributed by atoms with Gasteiger partial charge in [-0.25, -0.2) is 4.79 Å². The molecular formula is C27H44N2O6. The fourth-order valence-electron chi connectivity index (χ4n) is 6.70. The van der Waals surface area contributed by atoms with E-state index in [1.807, 2.05) is 4.90 Å². The Morgan fingerprint density at radius 1 is 1.17 bits per heavy atom. The van der Waals surface area contributed by atoms with Crippen LogP contribution in [0.1, 0.15) is 52.9 Å². The molecule has 0 N–H and O–H groups in total. The van der Waals surface area contributed by atoms with Crippen LogP contribution in [0, 0.1) is 11.8 Å². The van der Waals surface area contributed by atoms with Gasteiger partial charge in [0.2, 0.25) is 0 Å². The van der Waals surface area contributed by atoms with Crippen molar-refractivity contribution < 1.29 is 28.5 Å². The van der Waals surface area contributed by atoms with E-state index < -0.39 is 0 Å². The number of rotatable bonds is 8. The monoisotopic (exact) mass is 492 g/mol. The number of amides is 1. The predicted molar refractivity (Wildman–Crippen MR) is 131 cm³/mol. The standard InChI is InChI=1S/C27H44N2O6/c1-19(2)5-6-22-26(3,35-22)24-23(31-4)21(7-10-27(24)18-33-27)34-25(30)29-12-9-20(17-29)8-11-28-13-15-32-16-14-28/h5,20-24H,6-18H2,1-4H3/t20-,21+,22+,23+,24?,26-,27-/m0/s1. The lowest BCUT2D eigenvalue weighted by atomic mass is 9.68. The lowest BCUT2D eigenvalue weighted by molar-refractivity contribution is -0.121. The molecule has 1 unspecified atom stereocenters. The Morgan fingerprint density at radius 2 is 1.94 bits per heavy atom. The summed E-state index contributed by atoms with van der Waals surface area (Å²) in [6.45, 7) is 13.5. The Balaban J connectivity index is 1.16. The molecule has 0 aromatic carbocycles. The van der Waals surface area contributed by atoms with Gasteiger partial charge in [-0.2, -0.15) is 0 Å². The summed E-state index contributed by atoms with van der Waals surface area (Å²) in [6.07, 6.45) is 6.42. The van der Waals surface area contributed by atoms with Gasteiger partial charge in [-0.15, -0.1) is 0 Å². The molecule has 198 valence electrons. The van der Waals surface area contributed by atoms with Crippen molar-refractivity contribution in [2.45, 2.75) is 82.4 Å². The van der Waals surface area contributed by atoms with Crippen molar-refractivity contribution in [2.24, 2.45) is 11.8 Å². The minimum Gasteiger partial charge on any atom is -0.443 e. The molecule has 35 heavy (non-hydrogen) atoms. The molecule has 0 bridgehead atoms. The van der Waals surface area contributed by atoms with Crippen molar-refractivity contribution in [3.63, 3.8) is 0 Å². The molecule has 7 atom stereocenters. The maximum absolute atomic E-state index is 13.2. The molecular weight excluding hydrogens is 448 g/mol. The Morgan fingerprint density at radius 3 is 2.63 bits per heavy atom. The first kappa shape index (κ1) is 25.5. The highest BCUT2D eigenvalue weighted by Gasteiger charge is 2.72. The SMILES string of the molecule is CO[C@H]1C([C@@]2(C)O[C@@H]2CC=C(C)C)[C@]2(CC[C@H]1OC(=O)N1CC[C@H](CCN3CCOCC3)C1)CO2. The smallest absolute Gasteiger partial charge is 0.410 e. The molecule has 1 aliphatic carbocycles. The zero-order valence-corrected chi connectivity index (χ0v) is 22.0. The average molecular weight is 493 g/mol. The van der Waals surface area contributed by atoms with Gasteiger partial charge in [0.25, 0.3) is 0 Å². The van der Waals surface area contributed by atoms with Crippen molar-refractivity contribution in [3.05, 3.63) is 11.6 Å². The zero-order valence-electron chi connectivity index (χ0n) is 22.0. The number of nitrogens with zero attached hydrogens (tertiary/aromatic N) is 2. The van der Waals surface area contributed by atoms with Crippen molar-refractivity contribution in [2.75, 3.05) is 59.7 Å². The number of morpholine rings is 1. The van der Waals surface area contributed by atoms with E-state index in [0.29, 0.717) is 5.92 Å². The van der Waals surface area contributed by atoms with Crippen LogP contribution in [0.25, 0.3) is 0 Å². The molecule has 4 aliphatic heterocycles. The number of allylic oxidation sites excluding steroid dienone is 1. The van der Waals surface area contributed by atoms with E-state index in [1.165, 1.54) is 5.57 Å². The van der Waals surface area contributed by atoms with Crippen LogP contribution in [0.5, 0.6) is 0 Å². The molecule has 4 heterocycles. The molecule has 0 radical (unpaired) electrons. The van der Waals surface area contributed by atoms with Crippen LogP contribution in [-0.4, -0.2) is 105 Å². The highest BCUT2D eigenvalue weighted by atomic mass is 16.6. The van der Waals surface area contributed by atoms with E-state index in [9.17, 15) is 4.79 Å². The Kier molecular flexibility index (Phi) is 7.48. The van der Waals surface area contributed by atoms with Crippen LogP contribution >= 0.6 is 0 Å². The fraction of sp³-hybridized carbons (Fsp3) is 0.889. The second-order valence-electron chi connectivity index (χ2n) is 11.6. The number of hydrogen-bond acceptors (Lipinski definition) is 7. The van der Waals surface area contributed by atoms with Crippen LogP contribution < -0.4 is 0 Å². The number of epoxide rings is 2. The summed E-state index contributed by atoms with van der Waals surface area (Å²) in [5, 5.41) is 0. The minimum absolute atomic E-state index is 0.0574. The molecule has 1 saturated carbocycles. The summed E-state index contributed by atoms with van der Waals surface area (Å²) in [7, 11) is 1.73. The van der Waals surface area contributed by atoms with Crippen molar-refractivity contribution in [1.82, 2.24) is 9.80 Å². The third-order valence-electron chi connectivity index (χ3n) is 8.99. The Hall–Kier alpha value is -1.19. The third-order valence-corrected chi connectivity index (χ3v) is 8.99. The molecule has 5 rings (SSSR count). The lowest BCUT2D eigenvalue weighted by Gasteiger charge is -2.43. The first-order chi connectivity index (χ1) is 16.8. The first-order valence-electron chi connectivity index (χ1n) is 13.6. The van der Waals surface area contributed by atoms with Crippen LogP contribution in [-0.2, 0) is 23.7 Å². The van der Waals surface area contributed by atoms with E-state index in [1.54, 1.807) is 7.11 Å². The van der Waals surface area contributed by atoms with Gasteiger partial charge in [0.1, 0.15) is 23.4 Å². The molecule has 4 saturated heterocycles. The fourth-order valence-corrected chi connectivity index (χ4v) is 6.70. The van der Waals surface area contributed by atoms with Gasteiger partial charge in [0, 0.05) is 33.3 Å². The number of methoxy groups -OCH3 is 1. The van der Waals surface area contributed by atoms with Crippen LogP contribution in [0.3, 0.4) is 0 Å². The van der Waals surface area contributed by atoms with E-state index in [-0.39, 0.29) is 41.5 Å². The first-order valence-corrected chi connectivity index (χ1v) is 13.6. The maximum atomic E-state index is 13.2. The van der Waals surface area contributed by atoms with E-state index >= 15 is 0 Å². The van der Waals surface area contributed by atoms with Crippen LogP contribution in [0.4, 0.5) is 4.79 Å². The van der Waals surface area contributed by atoms with Gasteiger partial charge >= 0.3 is 6.09 Å². The maximum Gasteiger partial charge on any atom is 0.410 e. The Labute approximate surface area is 210 Å². The van der Waals surface area contributed by atoms with E-state index in [0.717, 1.165) is 84.6 Å². The van der Waals surface area contributed by atoms with E-state index in [4.69, 9.17) is 23.7 Å². The largest absolute Gasteiger partial charge is 0.443 e. The molecule has 8 heteroatoms. The summed E-state index contributed by atoms with van der Waals surface area (Å²) in [4.78, 5) is 17.5. The molecule has 0 aromatic heterocycles. The second kappa shape index (κ2) is 10.3. The molecule has 8 nitrogen and oxygen atoms in total. The van der Waals surface area contributed by atoms with Gasteiger partial charge < -0.3 is 28.6 Å². The molecule has 1 spiro atoms. The van der Waals surface area contributed by atoms with Gasteiger partial charge in [0.05, 0.1) is 31.8 Å². The second-order valence-corrected chi connectivity index (χ2v) is 11.6. The summed E-state index contributed by atoms with van der Waals surface area (Å²) in [5.74, 6) is 0.599. The molecule has 5 aliphatic rings. The topological polar surface area (TPSA) is 76.3 Å². The van der Waals surface area contributed by atoms with E-state index in [2.05, 4.69) is 31.7 Å². The van der Waals surface area contributed by atoms with Gasteiger partial charge in [-0.3, -0.25) is 4.90 Å². The normalized spacial score (nSPS) is 41.1. The zero-order chi connectivity index (χ0) is 24.6. The average Bonchev–Trinajstić information content (AvgIpc) is 3.70. The summed E-state index contributed by atoms with van der Waals surface area (Å²) in [5.41, 5.74) is 0.788. The number of hydrogen-bond donors (Lipinski definition) is 0. The van der Waals surface area contributed by atoms with Crippen LogP contribution in [0.15, 0.2) is 11.6 Å². The van der Waals surface area contributed by atoms with Gasteiger partial charge in [-0.05, 0) is 65.3 Å². The van der Waals surface area contributed by atoms with Crippen LogP contribution in [0.2, 0.25) is 0 Å². The number of likely N-dealkylation sites (tertiary alicyclic amines) is 1. The van der Waals surface area contributed by atoms with Crippen molar-refractivity contribution in [1.29, 1.82) is 0 Å². The van der Waals surface area contributed by atoms with Gasteiger partial charge in [-0.1, -0.05) is 11.6 Å². The summed E-state index contributed by atoms with van der Waals surface area (Å²) < 4.78 is 29.9. The predicted octanol–water partition coefficient (Wildman–Crippen LogP) is 3.24. The third kappa shape index (κ3) is 5.42. The highest BCUT2D eigenvalue weighted by molar-refractivity contribution is 5.68. The van der Waals surface area contributed by atoms with Crippen molar-refractivity contribution >= 4 is 6.09 Å². The molecule has 5 fully saturated rings. The molecule has 1 amide bonds. The lowest BCUT2D eigenvalue weighted by Crippen LogP contribution is -2.56. The minimum atomic E-state index is -0.313. The molecule has 0 aromatic rings. The van der Waals surface area contributed by atoms with Crippen molar-refractivity contribution in [3.8, 4) is 0 Å². The number of carbonyl (C=O) groups is 1.